The monoisotopic (exact) mass is 446 g/mol. The van der Waals surface area contributed by atoms with Crippen LogP contribution >= 0.6 is 0 Å². The summed E-state index contributed by atoms with van der Waals surface area (Å²) in [5.74, 6) is 1.77. The van der Waals surface area contributed by atoms with Crippen molar-refractivity contribution < 1.29 is 13.2 Å². The molecule has 0 aliphatic carbocycles. The summed E-state index contributed by atoms with van der Waals surface area (Å²) in [5.41, 5.74) is 2.46. The molecule has 31 heavy (non-hydrogen) atoms. The highest BCUT2D eigenvalue weighted by Gasteiger charge is 2.28. The maximum Gasteiger partial charge on any atom is 0.211 e. The van der Waals surface area contributed by atoms with E-state index in [0.717, 1.165) is 35.1 Å². The Morgan fingerprint density at radius 1 is 1.19 bits per heavy atom. The zero-order chi connectivity index (χ0) is 21.6. The van der Waals surface area contributed by atoms with Crippen molar-refractivity contribution in [2.24, 2.45) is 0 Å². The summed E-state index contributed by atoms with van der Waals surface area (Å²) in [4.78, 5) is 9.39. The van der Waals surface area contributed by atoms with E-state index < -0.39 is 10.0 Å². The Balaban J connectivity index is 1.58. The lowest BCUT2D eigenvalue weighted by molar-refractivity contribution is 0.0985. The van der Waals surface area contributed by atoms with Crippen molar-refractivity contribution >= 4 is 27.3 Å². The van der Waals surface area contributed by atoms with Crippen molar-refractivity contribution in [3.63, 3.8) is 0 Å². The molecule has 1 N–H and O–H groups in total. The molecule has 2 aliphatic rings. The molecule has 0 aromatic carbocycles. The number of H-pyrrole nitrogens is 1. The first-order valence-corrected chi connectivity index (χ1v) is 12.2. The molecule has 5 heterocycles. The molecule has 5 rings (SSSR count). The highest BCUT2D eigenvalue weighted by atomic mass is 32.2. The fraction of sp³-hybridized carbons (Fsp3) is 0.526. The van der Waals surface area contributed by atoms with Crippen molar-refractivity contribution in [1.29, 1.82) is 0 Å². The molecule has 11 nitrogen and oxygen atoms in total. The lowest BCUT2D eigenvalue weighted by Crippen LogP contribution is -2.49. The van der Waals surface area contributed by atoms with Crippen LogP contribution in [-0.2, 0) is 14.8 Å². The average molecular weight is 447 g/mol. The van der Waals surface area contributed by atoms with Gasteiger partial charge in [-0.15, -0.1) is 0 Å². The van der Waals surface area contributed by atoms with Gasteiger partial charge in [0.2, 0.25) is 10.0 Å². The van der Waals surface area contributed by atoms with Gasteiger partial charge in [-0.25, -0.2) is 13.4 Å². The molecule has 0 amide bonds. The molecule has 0 spiro atoms. The molecule has 2 fully saturated rings. The number of aromatic nitrogens is 5. The van der Waals surface area contributed by atoms with E-state index in [9.17, 15) is 8.42 Å². The summed E-state index contributed by atoms with van der Waals surface area (Å²) in [5, 5.41) is 11.7. The van der Waals surface area contributed by atoms with E-state index in [2.05, 4.69) is 38.1 Å². The van der Waals surface area contributed by atoms with Gasteiger partial charge in [0, 0.05) is 45.0 Å². The summed E-state index contributed by atoms with van der Waals surface area (Å²) in [7, 11) is -3.19. The zero-order valence-electron chi connectivity index (χ0n) is 17.6. The highest BCUT2D eigenvalue weighted by Crippen LogP contribution is 2.30. The number of nitrogens with one attached hydrogen (secondary N) is 1. The predicted octanol–water partition coefficient (Wildman–Crippen LogP) is 0.426. The van der Waals surface area contributed by atoms with Crippen LogP contribution in [-0.4, -0.2) is 95.8 Å². The Morgan fingerprint density at radius 2 is 2.00 bits per heavy atom. The van der Waals surface area contributed by atoms with Crippen molar-refractivity contribution in [3.05, 3.63) is 24.5 Å². The van der Waals surface area contributed by atoms with Crippen molar-refractivity contribution in [3.8, 4) is 11.3 Å². The number of hydrogen-bond acceptors (Lipinski definition) is 8. The van der Waals surface area contributed by atoms with Gasteiger partial charge in [0.1, 0.15) is 11.6 Å². The summed E-state index contributed by atoms with van der Waals surface area (Å²) in [6.07, 6.45) is 4.76. The smallest absolute Gasteiger partial charge is 0.211 e. The molecule has 3 aromatic rings. The molecule has 0 saturated carbocycles. The van der Waals surface area contributed by atoms with Gasteiger partial charge in [-0.1, -0.05) is 0 Å². The van der Waals surface area contributed by atoms with Gasteiger partial charge in [0.15, 0.2) is 5.65 Å². The van der Waals surface area contributed by atoms with E-state index in [-0.39, 0.29) is 6.04 Å². The van der Waals surface area contributed by atoms with E-state index in [1.165, 1.54) is 10.6 Å². The maximum absolute atomic E-state index is 11.9. The Bertz CT molecular complexity index is 1170. The topological polar surface area (TPSA) is 112 Å². The van der Waals surface area contributed by atoms with Crippen LogP contribution in [0.5, 0.6) is 0 Å². The Hall–Kier alpha value is -2.70. The normalized spacial score (nSPS) is 21.2. The molecule has 166 valence electrons. The maximum atomic E-state index is 11.9. The van der Waals surface area contributed by atoms with Crippen LogP contribution in [0.2, 0.25) is 0 Å². The van der Waals surface area contributed by atoms with Crippen molar-refractivity contribution in [2.45, 2.75) is 13.0 Å². The molecule has 1 unspecified atom stereocenters. The van der Waals surface area contributed by atoms with Gasteiger partial charge in [-0.2, -0.15) is 19.0 Å². The fourth-order valence-electron chi connectivity index (χ4n) is 4.22. The van der Waals surface area contributed by atoms with Crippen LogP contribution < -0.4 is 9.80 Å². The number of hydrogen-bond donors (Lipinski definition) is 1. The number of aromatic amines is 1. The van der Waals surface area contributed by atoms with Crippen LogP contribution in [0.3, 0.4) is 0 Å². The van der Waals surface area contributed by atoms with E-state index in [0.29, 0.717) is 39.4 Å². The Labute approximate surface area is 180 Å². The number of ether oxygens (including phenoxy) is 1. The summed E-state index contributed by atoms with van der Waals surface area (Å²) >= 11 is 0. The van der Waals surface area contributed by atoms with E-state index in [1.807, 2.05) is 10.6 Å². The molecule has 12 heteroatoms. The van der Waals surface area contributed by atoms with Gasteiger partial charge in [0.25, 0.3) is 0 Å². The van der Waals surface area contributed by atoms with Crippen LogP contribution in [0.4, 0.5) is 11.6 Å². The van der Waals surface area contributed by atoms with E-state index in [1.54, 1.807) is 12.4 Å². The first-order chi connectivity index (χ1) is 14.9. The Morgan fingerprint density at radius 3 is 2.68 bits per heavy atom. The molecule has 0 radical (unpaired) electrons. The van der Waals surface area contributed by atoms with Gasteiger partial charge in [-0.05, 0) is 13.0 Å². The predicted molar refractivity (Wildman–Crippen MR) is 117 cm³/mol. The molecule has 0 bridgehead atoms. The third-order valence-electron chi connectivity index (χ3n) is 5.92. The van der Waals surface area contributed by atoms with Gasteiger partial charge in [0.05, 0.1) is 43.0 Å². The SMILES string of the molecule is CC1COCCN1c1cc(N2CCN(S(C)(=O)=O)CC2)n2ncc(-c3ccn[nH]3)c2n1. The minimum atomic E-state index is -3.19. The number of rotatable bonds is 4. The first kappa shape index (κ1) is 20.2. The minimum absolute atomic E-state index is 0.206. The minimum Gasteiger partial charge on any atom is -0.377 e. The molecule has 1 atom stereocenters. The molecule has 2 saturated heterocycles. The molecule has 3 aromatic heterocycles. The lowest BCUT2D eigenvalue weighted by Gasteiger charge is -2.37. The molecular formula is C19H26N8O3S. The number of nitrogens with zero attached hydrogens (tertiary/aromatic N) is 7. The second-order valence-electron chi connectivity index (χ2n) is 8.00. The summed E-state index contributed by atoms with van der Waals surface area (Å²) < 4.78 is 32.8. The number of sulfonamides is 1. The first-order valence-electron chi connectivity index (χ1n) is 10.3. The van der Waals surface area contributed by atoms with Crippen molar-refractivity contribution in [1.82, 2.24) is 29.1 Å². The zero-order valence-corrected chi connectivity index (χ0v) is 18.4. The van der Waals surface area contributed by atoms with Gasteiger partial charge >= 0.3 is 0 Å². The lowest BCUT2D eigenvalue weighted by atomic mass is 10.2. The number of anilines is 2. The van der Waals surface area contributed by atoms with Crippen LogP contribution in [0.25, 0.3) is 16.9 Å². The highest BCUT2D eigenvalue weighted by molar-refractivity contribution is 7.88. The largest absolute Gasteiger partial charge is 0.377 e. The van der Waals surface area contributed by atoms with Crippen LogP contribution in [0.1, 0.15) is 6.92 Å². The third-order valence-corrected chi connectivity index (χ3v) is 7.23. The second kappa shape index (κ2) is 7.77. The van der Waals surface area contributed by atoms with Crippen LogP contribution in [0.15, 0.2) is 24.5 Å². The second-order valence-corrected chi connectivity index (χ2v) is 9.99. The molecular weight excluding hydrogens is 420 g/mol. The average Bonchev–Trinajstić information content (AvgIpc) is 3.42. The number of morpholine rings is 1. The third kappa shape index (κ3) is 3.75. The standard InChI is InChI=1S/C19H26N8O3S/c1-14-13-30-10-9-26(14)17-11-18(24-5-7-25(8-6-24)31(2,28)29)27-19(22-17)15(12-21-27)16-3-4-20-23-16/h3-4,11-12,14H,5-10,13H2,1-2H3,(H,20,23). The van der Waals surface area contributed by atoms with E-state index in [4.69, 9.17) is 9.72 Å². The molecule has 2 aliphatic heterocycles. The van der Waals surface area contributed by atoms with Crippen LogP contribution in [0, 0.1) is 0 Å². The van der Waals surface area contributed by atoms with Crippen molar-refractivity contribution in [2.75, 3.05) is 62.0 Å². The quantitative estimate of drug-likeness (QED) is 0.614. The number of piperazine rings is 1. The summed E-state index contributed by atoms with van der Waals surface area (Å²) in [6, 6.07) is 4.15. The fourth-order valence-corrected chi connectivity index (χ4v) is 5.05. The van der Waals surface area contributed by atoms with Gasteiger partial charge in [-0.3, -0.25) is 5.10 Å². The summed E-state index contributed by atoms with van der Waals surface area (Å²) in [6.45, 7) is 6.27. The van der Waals surface area contributed by atoms with E-state index >= 15 is 0 Å². The number of fused-ring (bicyclic) bond motifs is 1. The van der Waals surface area contributed by atoms with Gasteiger partial charge < -0.3 is 14.5 Å². The Kier molecular flexibility index (Phi) is 5.07.